The summed E-state index contributed by atoms with van der Waals surface area (Å²) in [6.45, 7) is 5.91. The predicted octanol–water partition coefficient (Wildman–Crippen LogP) is 4.17. The molecular formula is C16H18ClNO2S. The van der Waals surface area contributed by atoms with Gasteiger partial charge in [0, 0.05) is 11.6 Å². The molecule has 0 aromatic heterocycles. The van der Waals surface area contributed by atoms with Crippen LogP contribution in [0.5, 0.6) is 0 Å². The molecule has 2 aromatic rings. The molecule has 0 aliphatic heterocycles. The third-order valence-electron chi connectivity index (χ3n) is 3.40. The van der Waals surface area contributed by atoms with Crippen LogP contribution in [-0.4, -0.2) is 15.0 Å². The molecule has 0 amide bonds. The van der Waals surface area contributed by atoms with Crippen LogP contribution in [0.25, 0.3) is 0 Å². The lowest BCUT2D eigenvalue weighted by molar-refractivity contribution is 0.591. The zero-order chi connectivity index (χ0) is 15.6. The van der Waals surface area contributed by atoms with Crippen molar-refractivity contribution in [2.24, 2.45) is 0 Å². The molecule has 0 fully saturated rings. The predicted molar refractivity (Wildman–Crippen MR) is 87.6 cm³/mol. The number of aryl methyl sites for hydroxylation is 1. The van der Waals surface area contributed by atoms with E-state index < -0.39 is 10.0 Å². The van der Waals surface area contributed by atoms with Gasteiger partial charge in [-0.3, -0.25) is 4.31 Å². The normalized spacial score (nSPS) is 11.4. The summed E-state index contributed by atoms with van der Waals surface area (Å²) in [7, 11) is -3.59. The van der Waals surface area contributed by atoms with E-state index in [0.717, 1.165) is 11.1 Å². The lowest BCUT2D eigenvalue weighted by atomic mass is 10.2. The van der Waals surface area contributed by atoms with E-state index in [0.29, 0.717) is 17.3 Å². The average molecular weight is 324 g/mol. The highest BCUT2D eigenvalue weighted by atomic mass is 35.5. The molecule has 3 nitrogen and oxygen atoms in total. The zero-order valence-corrected chi connectivity index (χ0v) is 13.9. The van der Waals surface area contributed by atoms with Gasteiger partial charge in [-0.25, -0.2) is 8.42 Å². The quantitative estimate of drug-likeness (QED) is 0.846. The Morgan fingerprint density at radius 1 is 1.05 bits per heavy atom. The van der Waals surface area contributed by atoms with Gasteiger partial charge in [-0.1, -0.05) is 35.4 Å². The molecule has 5 heteroatoms. The maximum absolute atomic E-state index is 12.8. The Hall–Kier alpha value is -1.52. The van der Waals surface area contributed by atoms with Crippen molar-refractivity contribution in [3.8, 4) is 0 Å². The molecule has 0 N–H and O–H groups in total. The number of sulfonamides is 1. The van der Waals surface area contributed by atoms with E-state index >= 15 is 0 Å². The van der Waals surface area contributed by atoms with Crippen molar-refractivity contribution in [3.63, 3.8) is 0 Å². The zero-order valence-electron chi connectivity index (χ0n) is 12.3. The van der Waals surface area contributed by atoms with Crippen molar-refractivity contribution >= 4 is 27.3 Å². The fourth-order valence-electron chi connectivity index (χ4n) is 2.17. The molecule has 2 aromatic carbocycles. The van der Waals surface area contributed by atoms with Gasteiger partial charge in [-0.2, -0.15) is 0 Å². The number of benzene rings is 2. The van der Waals surface area contributed by atoms with E-state index in [-0.39, 0.29) is 4.90 Å². The highest BCUT2D eigenvalue weighted by Crippen LogP contribution is 2.30. The van der Waals surface area contributed by atoms with E-state index in [1.165, 1.54) is 4.31 Å². The second-order valence-corrected chi connectivity index (χ2v) is 7.14. The number of hydrogen-bond donors (Lipinski definition) is 0. The fourth-order valence-corrected chi connectivity index (χ4v) is 3.87. The lowest BCUT2D eigenvalue weighted by Gasteiger charge is -2.25. The Morgan fingerprint density at radius 3 is 2.24 bits per heavy atom. The molecule has 21 heavy (non-hydrogen) atoms. The summed E-state index contributed by atoms with van der Waals surface area (Å²) in [6.07, 6.45) is 0. The Labute approximate surface area is 131 Å². The molecule has 112 valence electrons. The molecule has 0 aliphatic rings. The smallest absolute Gasteiger partial charge is 0.264 e. The van der Waals surface area contributed by atoms with Crippen LogP contribution >= 0.6 is 11.6 Å². The number of anilines is 1. The van der Waals surface area contributed by atoms with E-state index in [2.05, 4.69) is 0 Å². The molecule has 0 unspecified atom stereocenters. The third kappa shape index (κ3) is 3.06. The summed E-state index contributed by atoms with van der Waals surface area (Å²) in [5.41, 5.74) is 2.40. The topological polar surface area (TPSA) is 37.4 Å². The number of rotatable bonds is 4. The minimum atomic E-state index is -3.59. The number of hydrogen-bond acceptors (Lipinski definition) is 2. The molecule has 0 bridgehead atoms. The Balaban J connectivity index is 2.54. The Morgan fingerprint density at radius 2 is 1.67 bits per heavy atom. The fraction of sp³-hybridized carbons (Fsp3) is 0.250. The summed E-state index contributed by atoms with van der Waals surface area (Å²) in [6, 6.07) is 12.2. The third-order valence-corrected chi connectivity index (χ3v) is 5.72. The second kappa shape index (κ2) is 6.08. The molecule has 2 rings (SSSR count). The monoisotopic (exact) mass is 323 g/mol. The van der Waals surface area contributed by atoms with Crippen LogP contribution in [0, 0.1) is 13.8 Å². The summed E-state index contributed by atoms with van der Waals surface area (Å²) < 4.78 is 27.0. The summed E-state index contributed by atoms with van der Waals surface area (Å²) in [4.78, 5) is 0.286. The molecule has 0 spiro atoms. The van der Waals surface area contributed by atoms with Crippen LogP contribution in [0.2, 0.25) is 5.02 Å². The van der Waals surface area contributed by atoms with E-state index in [9.17, 15) is 8.42 Å². The van der Waals surface area contributed by atoms with Gasteiger partial charge in [0.1, 0.15) is 0 Å². The van der Waals surface area contributed by atoms with Gasteiger partial charge in [0.15, 0.2) is 0 Å². The SMILES string of the molecule is CCN(c1cccc(Cl)c1C)S(=O)(=O)c1ccc(C)cc1. The summed E-state index contributed by atoms with van der Waals surface area (Å²) in [5, 5.41) is 0.560. The Bertz CT molecular complexity index is 739. The molecule has 0 saturated heterocycles. The molecule has 0 atom stereocenters. The first-order valence-corrected chi connectivity index (χ1v) is 8.54. The van der Waals surface area contributed by atoms with Gasteiger partial charge in [0.2, 0.25) is 0 Å². The standard InChI is InChI=1S/C16H18ClNO2S/c1-4-18(16-7-5-6-15(17)13(16)3)21(19,20)14-10-8-12(2)9-11-14/h5-11H,4H2,1-3H3. The van der Waals surface area contributed by atoms with Crippen LogP contribution in [0.15, 0.2) is 47.4 Å². The first-order valence-electron chi connectivity index (χ1n) is 6.72. The molecule has 0 saturated carbocycles. The summed E-state index contributed by atoms with van der Waals surface area (Å²) in [5.74, 6) is 0. The van der Waals surface area contributed by atoms with Crippen molar-refractivity contribution in [2.45, 2.75) is 25.7 Å². The minimum Gasteiger partial charge on any atom is -0.266 e. The maximum Gasteiger partial charge on any atom is 0.264 e. The average Bonchev–Trinajstić information content (AvgIpc) is 2.44. The van der Waals surface area contributed by atoms with Crippen molar-refractivity contribution < 1.29 is 8.42 Å². The Kier molecular flexibility index (Phi) is 4.59. The first kappa shape index (κ1) is 15.9. The van der Waals surface area contributed by atoms with Crippen LogP contribution < -0.4 is 4.31 Å². The van der Waals surface area contributed by atoms with Crippen molar-refractivity contribution in [1.29, 1.82) is 0 Å². The molecule has 0 aliphatic carbocycles. The van der Waals surface area contributed by atoms with Crippen LogP contribution in [0.1, 0.15) is 18.1 Å². The molecule has 0 radical (unpaired) electrons. The van der Waals surface area contributed by atoms with Gasteiger partial charge in [0.05, 0.1) is 10.6 Å². The van der Waals surface area contributed by atoms with Crippen LogP contribution in [-0.2, 0) is 10.0 Å². The van der Waals surface area contributed by atoms with Gasteiger partial charge in [-0.05, 0) is 50.6 Å². The second-order valence-electron chi connectivity index (χ2n) is 4.87. The molecular weight excluding hydrogens is 306 g/mol. The summed E-state index contributed by atoms with van der Waals surface area (Å²) >= 11 is 6.11. The molecule has 0 heterocycles. The number of halogens is 1. The van der Waals surface area contributed by atoms with E-state index in [1.54, 1.807) is 42.5 Å². The van der Waals surface area contributed by atoms with Crippen molar-refractivity contribution in [1.82, 2.24) is 0 Å². The van der Waals surface area contributed by atoms with E-state index in [1.807, 2.05) is 20.8 Å². The van der Waals surface area contributed by atoms with Gasteiger partial charge < -0.3 is 0 Å². The van der Waals surface area contributed by atoms with Crippen molar-refractivity contribution in [3.05, 3.63) is 58.6 Å². The van der Waals surface area contributed by atoms with Gasteiger partial charge in [-0.15, -0.1) is 0 Å². The maximum atomic E-state index is 12.8. The minimum absolute atomic E-state index is 0.286. The van der Waals surface area contributed by atoms with Crippen molar-refractivity contribution in [2.75, 3.05) is 10.8 Å². The largest absolute Gasteiger partial charge is 0.266 e. The lowest BCUT2D eigenvalue weighted by Crippen LogP contribution is -2.31. The highest BCUT2D eigenvalue weighted by molar-refractivity contribution is 7.92. The van der Waals surface area contributed by atoms with Gasteiger partial charge in [0.25, 0.3) is 10.0 Å². The number of nitrogens with zero attached hydrogens (tertiary/aromatic N) is 1. The van der Waals surface area contributed by atoms with Crippen LogP contribution in [0.3, 0.4) is 0 Å². The first-order chi connectivity index (χ1) is 9.87. The van der Waals surface area contributed by atoms with E-state index in [4.69, 9.17) is 11.6 Å². The van der Waals surface area contributed by atoms with Crippen LogP contribution in [0.4, 0.5) is 5.69 Å². The van der Waals surface area contributed by atoms with Gasteiger partial charge >= 0.3 is 0 Å². The highest BCUT2D eigenvalue weighted by Gasteiger charge is 2.25.